The molecule has 1 aromatic carbocycles. The molecule has 0 N–H and O–H groups in total. The van der Waals surface area contributed by atoms with E-state index in [1.807, 2.05) is 37.3 Å². The molecule has 0 amide bonds. The number of carbonyl (C=O) groups is 2. The van der Waals surface area contributed by atoms with E-state index in [-0.39, 0.29) is 42.9 Å². The van der Waals surface area contributed by atoms with Crippen molar-refractivity contribution in [3.63, 3.8) is 0 Å². The number of esters is 1. The van der Waals surface area contributed by atoms with Crippen LogP contribution in [0.2, 0.25) is 0 Å². The third-order valence-electron chi connectivity index (χ3n) is 5.92. The zero-order valence-corrected chi connectivity index (χ0v) is 16.2. The highest BCUT2D eigenvalue weighted by atomic mass is 19.3. The molecule has 0 spiro atoms. The van der Waals surface area contributed by atoms with Crippen LogP contribution in [-0.2, 0) is 25.7 Å². The number of rotatable bonds is 10. The van der Waals surface area contributed by atoms with Gasteiger partial charge in [0.05, 0.1) is 19.1 Å². The second kappa shape index (κ2) is 9.12. The molecule has 4 nitrogen and oxygen atoms in total. The van der Waals surface area contributed by atoms with Gasteiger partial charge < -0.3 is 9.47 Å². The van der Waals surface area contributed by atoms with Gasteiger partial charge in [0, 0.05) is 25.2 Å². The Bertz CT molecular complexity index is 676. The summed E-state index contributed by atoms with van der Waals surface area (Å²) in [5, 5.41) is 0. The van der Waals surface area contributed by atoms with Crippen LogP contribution in [-0.4, -0.2) is 29.9 Å². The average molecular weight is 394 g/mol. The number of benzene rings is 1. The predicted molar refractivity (Wildman–Crippen MR) is 99.8 cm³/mol. The summed E-state index contributed by atoms with van der Waals surface area (Å²) in [5.41, 5.74) is 1.03. The van der Waals surface area contributed by atoms with E-state index in [0.717, 1.165) is 5.56 Å². The summed E-state index contributed by atoms with van der Waals surface area (Å²) in [6.07, 6.45) is 1.10. The fraction of sp³-hybridized carbons (Fsp3) is 0.636. The molecule has 1 aromatic rings. The number of alkyl halides is 2. The fourth-order valence-electron chi connectivity index (χ4n) is 4.35. The summed E-state index contributed by atoms with van der Waals surface area (Å²) >= 11 is 0. The highest BCUT2D eigenvalue weighted by Gasteiger charge is 2.51. The van der Waals surface area contributed by atoms with Crippen molar-refractivity contribution in [2.24, 2.45) is 11.8 Å². The van der Waals surface area contributed by atoms with Gasteiger partial charge in [-0.3, -0.25) is 9.59 Å². The third kappa shape index (κ3) is 4.96. The van der Waals surface area contributed by atoms with Crippen molar-refractivity contribution >= 4 is 11.8 Å². The first kappa shape index (κ1) is 20.9. The molecule has 1 heterocycles. The van der Waals surface area contributed by atoms with Crippen LogP contribution in [0.25, 0.3) is 0 Å². The van der Waals surface area contributed by atoms with E-state index in [1.165, 1.54) is 0 Å². The summed E-state index contributed by atoms with van der Waals surface area (Å²) in [4.78, 5) is 23.7. The molecule has 0 aromatic heterocycles. The van der Waals surface area contributed by atoms with Crippen LogP contribution in [0.15, 0.2) is 30.3 Å². The monoisotopic (exact) mass is 394 g/mol. The lowest BCUT2D eigenvalue weighted by molar-refractivity contribution is -0.144. The first-order valence-electron chi connectivity index (χ1n) is 10.2. The lowest BCUT2D eigenvalue weighted by atomic mass is 9.86. The van der Waals surface area contributed by atoms with Crippen molar-refractivity contribution in [2.45, 2.75) is 76.6 Å². The highest BCUT2D eigenvalue weighted by molar-refractivity contribution is 5.85. The van der Waals surface area contributed by atoms with Gasteiger partial charge in [-0.1, -0.05) is 43.7 Å². The van der Waals surface area contributed by atoms with Crippen LogP contribution in [0.1, 0.15) is 57.4 Å². The minimum atomic E-state index is -3.27. The maximum atomic E-state index is 14.0. The molecular formula is C22H28F2O4. The number of ketones is 1. The topological polar surface area (TPSA) is 52.6 Å². The Morgan fingerprint density at radius 3 is 2.75 bits per heavy atom. The van der Waals surface area contributed by atoms with Gasteiger partial charge in [0.2, 0.25) is 5.78 Å². The lowest BCUT2D eigenvalue weighted by Gasteiger charge is -2.24. The van der Waals surface area contributed by atoms with E-state index in [4.69, 9.17) is 9.47 Å². The van der Waals surface area contributed by atoms with E-state index >= 15 is 0 Å². The van der Waals surface area contributed by atoms with Crippen LogP contribution >= 0.6 is 0 Å². The van der Waals surface area contributed by atoms with E-state index in [9.17, 15) is 18.4 Å². The second-order valence-corrected chi connectivity index (χ2v) is 7.90. The van der Waals surface area contributed by atoms with Gasteiger partial charge in [-0.15, -0.1) is 0 Å². The molecule has 6 heteroatoms. The number of hydrogen-bond acceptors (Lipinski definition) is 4. The molecular weight excluding hydrogens is 366 g/mol. The molecule has 28 heavy (non-hydrogen) atoms. The molecule has 154 valence electrons. The SMILES string of the molecule is CCCCC(F)(F)C(=O)CC[C@@H]1[C@H]2CC(=O)O[C@H]2C[C@H]1OCc1ccccc1. The smallest absolute Gasteiger partial charge is 0.306 e. The molecule has 1 saturated carbocycles. The number of ether oxygens (including phenoxy) is 2. The van der Waals surface area contributed by atoms with Gasteiger partial charge in [-0.05, 0) is 24.3 Å². The zero-order valence-electron chi connectivity index (χ0n) is 16.2. The van der Waals surface area contributed by atoms with E-state index in [1.54, 1.807) is 0 Å². The predicted octanol–water partition coefficient (Wildman–Crippen LogP) is 4.70. The first-order chi connectivity index (χ1) is 13.4. The molecule has 1 aliphatic heterocycles. The van der Waals surface area contributed by atoms with Crippen molar-refractivity contribution < 1.29 is 27.8 Å². The quantitative estimate of drug-likeness (QED) is 0.540. The number of carbonyl (C=O) groups excluding carboxylic acids is 2. The third-order valence-corrected chi connectivity index (χ3v) is 5.92. The van der Waals surface area contributed by atoms with Crippen molar-refractivity contribution in [3.05, 3.63) is 35.9 Å². The Kier molecular flexibility index (Phi) is 6.81. The van der Waals surface area contributed by atoms with E-state index < -0.39 is 18.1 Å². The Hall–Kier alpha value is -1.82. The maximum absolute atomic E-state index is 14.0. The van der Waals surface area contributed by atoms with Crippen molar-refractivity contribution in [1.29, 1.82) is 0 Å². The van der Waals surface area contributed by atoms with Crippen molar-refractivity contribution in [2.75, 3.05) is 0 Å². The molecule has 0 bridgehead atoms. The van der Waals surface area contributed by atoms with Gasteiger partial charge in [0.1, 0.15) is 6.10 Å². The normalized spacial score (nSPS) is 26.9. The Morgan fingerprint density at radius 1 is 1.29 bits per heavy atom. The summed E-state index contributed by atoms with van der Waals surface area (Å²) in [6, 6.07) is 9.71. The summed E-state index contributed by atoms with van der Waals surface area (Å²) in [7, 11) is 0. The van der Waals surface area contributed by atoms with Crippen LogP contribution < -0.4 is 0 Å². The molecule has 0 unspecified atom stereocenters. The van der Waals surface area contributed by atoms with Crippen LogP contribution in [0.3, 0.4) is 0 Å². The van der Waals surface area contributed by atoms with Crippen LogP contribution in [0, 0.1) is 11.8 Å². The number of unbranched alkanes of at least 4 members (excludes halogenated alkanes) is 1. The van der Waals surface area contributed by atoms with E-state index in [0.29, 0.717) is 32.3 Å². The average Bonchev–Trinajstić information content (AvgIpc) is 3.19. The van der Waals surface area contributed by atoms with Crippen molar-refractivity contribution in [3.8, 4) is 0 Å². The molecule has 0 radical (unpaired) electrons. The summed E-state index contributed by atoms with van der Waals surface area (Å²) in [5.74, 6) is -4.69. The molecule has 3 rings (SSSR count). The minimum Gasteiger partial charge on any atom is -0.462 e. The van der Waals surface area contributed by atoms with Crippen LogP contribution in [0.5, 0.6) is 0 Å². The van der Waals surface area contributed by atoms with E-state index in [2.05, 4.69) is 0 Å². The Balaban J connectivity index is 1.60. The number of fused-ring (bicyclic) bond motifs is 1. The maximum Gasteiger partial charge on any atom is 0.306 e. The van der Waals surface area contributed by atoms with Crippen molar-refractivity contribution in [1.82, 2.24) is 0 Å². The Labute approximate surface area is 164 Å². The molecule has 2 fully saturated rings. The summed E-state index contributed by atoms with van der Waals surface area (Å²) < 4.78 is 39.5. The molecule has 1 aliphatic carbocycles. The zero-order chi connectivity index (χ0) is 20.1. The summed E-state index contributed by atoms with van der Waals surface area (Å²) in [6.45, 7) is 2.24. The number of Topliss-reactive ketones (excluding diaryl/α,β-unsaturated/α-hetero) is 1. The molecule has 4 atom stereocenters. The first-order valence-corrected chi connectivity index (χ1v) is 10.2. The van der Waals surface area contributed by atoms with Gasteiger partial charge in [0.25, 0.3) is 0 Å². The minimum absolute atomic E-state index is 0.0506. The molecule has 2 aliphatic rings. The molecule has 1 saturated heterocycles. The van der Waals surface area contributed by atoms with Gasteiger partial charge in [0.15, 0.2) is 0 Å². The highest BCUT2D eigenvalue weighted by Crippen LogP contribution is 2.45. The largest absolute Gasteiger partial charge is 0.462 e. The van der Waals surface area contributed by atoms with Gasteiger partial charge >= 0.3 is 11.9 Å². The number of hydrogen-bond donors (Lipinski definition) is 0. The fourth-order valence-corrected chi connectivity index (χ4v) is 4.35. The van der Waals surface area contributed by atoms with Gasteiger partial charge in [-0.25, -0.2) is 0 Å². The standard InChI is InChI=1S/C22H28F2O4/c1-2-3-11-22(23,24)20(25)10-9-16-17-12-21(26)28-19(17)13-18(16)27-14-15-7-5-4-6-8-15/h4-8,16-19H,2-3,9-14H2,1H3/t16-,17-,18-,19+/m1/s1. The van der Waals surface area contributed by atoms with Gasteiger partial charge in [-0.2, -0.15) is 8.78 Å². The Morgan fingerprint density at radius 2 is 2.04 bits per heavy atom. The lowest BCUT2D eigenvalue weighted by Crippen LogP contribution is -2.31. The number of halogens is 2. The second-order valence-electron chi connectivity index (χ2n) is 7.90. The van der Waals surface area contributed by atoms with Crippen LogP contribution in [0.4, 0.5) is 8.78 Å².